The quantitative estimate of drug-likeness (QED) is 0.807. The van der Waals surface area contributed by atoms with Gasteiger partial charge in [-0.15, -0.1) is 0 Å². The van der Waals surface area contributed by atoms with Gasteiger partial charge < -0.3 is 15.2 Å². The summed E-state index contributed by atoms with van der Waals surface area (Å²) >= 11 is 0. The van der Waals surface area contributed by atoms with Gasteiger partial charge in [0, 0.05) is 0 Å². The summed E-state index contributed by atoms with van der Waals surface area (Å²) in [4.78, 5) is 22.3. The number of aryl methyl sites for hydroxylation is 1. The molecule has 20 heavy (non-hydrogen) atoms. The Hall–Kier alpha value is -2.04. The van der Waals surface area contributed by atoms with E-state index in [1.54, 1.807) is 0 Å². The van der Waals surface area contributed by atoms with Crippen LogP contribution >= 0.6 is 0 Å². The third-order valence-corrected chi connectivity index (χ3v) is 2.85. The van der Waals surface area contributed by atoms with Crippen LogP contribution in [0.15, 0.2) is 18.2 Å². The SMILES string of the molecule is Cc1ccc(C(C)C)c(OCC(=O)O[C@@H](C)C(N)=O)c1. The van der Waals surface area contributed by atoms with E-state index in [1.807, 2.05) is 39.0 Å². The van der Waals surface area contributed by atoms with Gasteiger partial charge in [0.25, 0.3) is 5.91 Å². The van der Waals surface area contributed by atoms with Crippen molar-refractivity contribution in [1.82, 2.24) is 0 Å². The fraction of sp³-hybridized carbons (Fsp3) is 0.467. The van der Waals surface area contributed by atoms with E-state index in [1.165, 1.54) is 6.92 Å². The van der Waals surface area contributed by atoms with Crippen molar-refractivity contribution in [3.05, 3.63) is 29.3 Å². The molecule has 0 aliphatic rings. The van der Waals surface area contributed by atoms with Gasteiger partial charge in [-0.1, -0.05) is 26.0 Å². The van der Waals surface area contributed by atoms with Gasteiger partial charge in [-0.3, -0.25) is 4.79 Å². The van der Waals surface area contributed by atoms with Crippen LogP contribution in [0.3, 0.4) is 0 Å². The Bertz CT molecular complexity index is 497. The first-order chi connectivity index (χ1) is 9.31. The molecule has 5 heteroatoms. The molecule has 0 heterocycles. The van der Waals surface area contributed by atoms with E-state index in [-0.39, 0.29) is 12.5 Å². The van der Waals surface area contributed by atoms with Crippen LogP contribution in [0.2, 0.25) is 0 Å². The van der Waals surface area contributed by atoms with E-state index >= 15 is 0 Å². The third-order valence-electron chi connectivity index (χ3n) is 2.85. The van der Waals surface area contributed by atoms with Crippen molar-refractivity contribution in [1.29, 1.82) is 0 Å². The zero-order valence-corrected chi connectivity index (χ0v) is 12.3. The summed E-state index contributed by atoms with van der Waals surface area (Å²) in [7, 11) is 0. The van der Waals surface area contributed by atoms with Gasteiger partial charge in [0.2, 0.25) is 0 Å². The van der Waals surface area contributed by atoms with Crippen LogP contribution in [0.4, 0.5) is 0 Å². The molecule has 0 bridgehead atoms. The zero-order chi connectivity index (χ0) is 15.3. The third kappa shape index (κ3) is 4.57. The molecule has 110 valence electrons. The maximum atomic E-state index is 11.5. The summed E-state index contributed by atoms with van der Waals surface area (Å²) in [5.74, 6) is -0.362. The molecule has 0 aromatic heterocycles. The zero-order valence-electron chi connectivity index (χ0n) is 12.3. The number of hydrogen-bond acceptors (Lipinski definition) is 4. The van der Waals surface area contributed by atoms with E-state index in [9.17, 15) is 9.59 Å². The second-order valence-corrected chi connectivity index (χ2v) is 5.02. The molecule has 0 spiro atoms. The summed E-state index contributed by atoms with van der Waals surface area (Å²) in [6.45, 7) is 7.22. The number of esters is 1. The Kier molecular flexibility index (Phi) is 5.55. The van der Waals surface area contributed by atoms with Gasteiger partial charge in [0.15, 0.2) is 12.7 Å². The smallest absolute Gasteiger partial charge is 0.344 e. The minimum atomic E-state index is -0.951. The number of nitrogens with two attached hydrogens (primary N) is 1. The molecule has 0 saturated heterocycles. The van der Waals surface area contributed by atoms with E-state index in [0.29, 0.717) is 5.75 Å². The summed E-state index contributed by atoms with van der Waals surface area (Å²) < 4.78 is 10.3. The summed E-state index contributed by atoms with van der Waals surface area (Å²) in [6.07, 6.45) is -0.951. The second kappa shape index (κ2) is 6.93. The topological polar surface area (TPSA) is 78.6 Å². The van der Waals surface area contributed by atoms with Crippen molar-refractivity contribution in [2.75, 3.05) is 6.61 Å². The van der Waals surface area contributed by atoms with Gasteiger partial charge in [-0.25, -0.2) is 4.79 Å². The van der Waals surface area contributed by atoms with Crippen molar-refractivity contribution in [3.8, 4) is 5.75 Å². The van der Waals surface area contributed by atoms with Crippen LogP contribution in [-0.2, 0) is 14.3 Å². The van der Waals surface area contributed by atoms with Gasteiger partial charge in [-0.05, 0) is 37.0 Å². The fourth-order valence-electron chi connectivity index (χ4n) is 1.67. The number of ether oxygens (including phenoxy) is 2. The van der Waals surface area contributed by atoms with Gasteiger partial charge in [0.05, 0.1) is 0 Å². The highest BCUT2D eigenvalue weighted by Crippen LogP contribution is 2.27. The Morgan fingerprint density at radius 2 is 1.90 bits per heavy atom. The molecule has 1 aromatic rings. The van der Waals surface area contributed by atoms with Crippen LogP contribution in [-0.4, -0.2) is 24.6 Å². The van der Waals surface area contributed by atoms with Gasteiger partial charge in [-0.2, -0.15) is 0 Å². The van der Waals surface area contributed by atoms with Crippen molar-refractivity contribution in [3.63, 3.8) is 0 Å². The van der Waals surface area contributed by atoms with E-state index in [0.717, 1.165) is 11.1 Å². The number of amides is 1. The summed E-state index contributed by atoms with van der Waals surface area (Å²) in [5.41, 5.74) is 7.08. The molecule has 2 N–H and O–H groups in total. The van der Waals surface area contributed by atoms with E-state index in [4.69, 9.17) is 15.2 Å². The van der Waals surface area contributed by atoms with Crippen molar-refractivity contribution < 1.29 is 19.1 Å². The lowest BCUT2D eigenvalue weighted by Gasteiger charge is -2.15. The molecule has 1 aromatic carbocycles. The Morgan fingerprint density at radius 3 is 2.45 bits per heavy atom. The maximum Gasteiger partial charge on any atom is 0.344 e. The molecule has 1 amide bonds. The first-order valence-corrected chi connectivity index (χ1v) is 6.53. The average molecular weight is 279 g/mol. The molecule has 0 unspecified atom stereocenters. The molecule has 1 atom stereocenters. The van der Waals surface area contributed by atoms with Crippen molar-refractivity contribution in [2.24, 2.45) is 5.73 Å². The highest BCUT2D eigenvalue weighted by atomic mass is 16.6. The largest absolute Gasteiger partial charge is 0.482 e. The van der Waals surface area contributed by atoms with Crippen LogP contribution in [0, 0.1) is 6.92 Å². The molecule has 0 aliphatic heterocycles. The number of hydrogen-bond donors (Lipinski definition) is 1. The Balaban J connectivity index is 2.67. The lowest BCUT2D eigenvalue weighted by atomic mass is 10.0. The number of carbonyl (C=O) groups excluding carboxylic acids is 2. The summed E-state index contributed by atoms with van der Waals surface area (Å²) in [6, 6.07) is 5.85. The molecular weight excluding hydrogens is 258 g/mol. The molecule has 0 aliphatic carbocycles. The highest BCUT2D eigenvalue weighted by molar-refractivity contribution is 5.82. The molecule has 0 radical (unpaired) electrons. The average Bonchev–Trinajstić information content (AvgIpc) is 2.35. The highest BCUT2D eigenvalue weighted by Gasteiger charge is 2.16. The summed E-state index contributed by atoms with van der Waals surface area (Å²) in [5, 5.41) is 0. The number of primary amides is 1. The van der Waals surface area contributed by atoms with Crippen LogP contribution < -0.4 is 10.5 Å². The standard InChI is InChI=1S/C15H21NO4/c1-9(2)12-6-5-10(3)7-13(12)19-8-14(17)20-11(4)15(16)18/h5-7,9,11H,8H2,1-4H3,(H2,16,18)/t11-/m0/s1. The van der Waals surface area contributed by atoms with Crippen LogP contribution in [0.25, 0.3) is 0 Å². The predicted octanol–water partition coefficient (Wildman–Crippen LogP) is 1.91. The van der Waals surface area contributed by atoms with Crippen LogP contribution in [0.1, 0.15) is 37.8 Å². The molecule has 5 nitrogen and oxygen atoms in total. The number of rotatable bonds is 6. The molecule has 0 saturated carbocycles. The first-order valence-electron chi connectivity index (χ1n) is 6.53. The predicted molar refractivity (Wildman–Crippen MR) is 75.5 cm³/mol. The fourth-order valence-corrected chi connectivity index (χ4v) is 1.67. The Labute approximate surface area is 119 Å². The first kappa shape index (κ1) is 16.0. The lowest BCUT2D eigenvalue weighted by molar-refractivity contribution is -0.155. The molecular formula is C15H21NO4. The molecule has 0 fully saturated rings. The van der Waals surface area contributed by atoms with Gasteiger partial charge in [0.1, 0.15) is 5.75 Å². The van der Waals surface area contributed by atoms with E-state index < -0.39 is 18.0 Å². The van der Waals surface area contributed by atoms with Crippen LogP contribution in [0.5, 0.6) is 5.75 Å². The van der Waals surface area contributed by atoms with Crippen molar-refractivity contribution >= 4 is 11.9 Å². The monoisotopic (exact) mass is 279 g/mol. The normalized spacial score (nSPS) is 12.1. The number of carbonyl (C=O) groups is 2. The number of benzene rings is 1. The van der Waals surface area contributed by atoms with Crippen molar-refractivity contribution in [2.45, 2.75) is 39.7 Å². The minimum absolute atomic E-state index is 0.249. The molecule has 1 rings (SSSR count). The Morgan fingerprint density at radius 1 is 1.25 bits per heavy atom. The maximum absolute atomic E-state index is 11.5. The van der Waals surface area contributed by atoms with Gasteiger partial charge >= 0.3 is 5.97 Å². The minimum Gasteiger partial charge on any atom is -0.482 e. The van der Waals surface area contributed by atoms with E-state index in [2.05, 4.69) is 0 Å². The lowest BCUT2D eigenvalue weighted by Crippen LogP contribution is -2.32. The second-order valence-electron chi connectivity index (χ2n) is 5.02.